The SMILES string of the molecule is CC[C@@H](C)[C@H]1[C@@H]2C=C3[C@H]([C@H](C)C[C@H](C)[C@H]3OC(=O)CCC(=O)OC)[C@@]1(C)C(=CC=O)O2. The van der Waals surface area contributed by atoms with Crippen LogP contribution in [0.4, 0.5) is 0 Å². The molecule has 172 valence electrons. The van der Waals surface area contributed by atoms with Crippen molar-refractivity contribution in [1.29, 1.82) is 0 Å². The van der Waals surface area contributed by atoms with Crippen LogP contribution in [0.25, 0.3) is 0 Å². The summed E-state index contributed by atoms with van der Waals surface area (Å²) < 4.78 is 16.9. The number of hydrogen-bond acceptors (Lipinski definition) is 6. The number of fused-ring (bicyclic) bond motifs is 4. The van der Waals surface area contributed by atoms with Gasteiger partial charge in [-0.2, -0.15) is 0 Å². The average Bonchev–Trinajstić information content (AvgIpc) is 2.92. The summed E-state index contributed by atoms with van der Waals surface area (Å²) in [7, 11) is 1.31. The number of esters is 2. The molecule has 0 aromatic rings. The highest BCUT2D eigenvalue weighted by atomic mass is 16.5. The number of allylic oxidation sites excluding steroid dienone is 2. The Morgan fingerprint density at radius 3 is 2.55 bits per heavy atom. The molecule has 2 bridgehead atoms. The molecule has 1 aliphatic heterocycles. The van der Waals surface area contributed by atoms with Crippen molar-refractivity contribution in [1.82, 2.24) is 0 Å². The third-order valence-electron chi connectivity index (χ3n) is 7.86. The topological polar surface area (TPSA) is 78.9 Å². The van der Waals surface area contributed by atoms with Crippen LogP contribution in [-0.2, 0) is 28.6 Å². The summed E-state index contributed by atoms with van der Waals surface area (Å²) in [5, 5.41) is 0. The zero-order valence-electron chi connectivity index (χ0n) is 19.6. The van der Waals surface area contributed by atoms with E-state index < -0.39 is 5.97 Å². The normalized spacial score (nSPS) is 38.5. The van der Waals surface area contributed by atoms with Gasteiger partial charge in [0.25, 0.3) is 0 Å². The third-order valence-corrected chi connectivity index (χ3v) is 7.86. The molecule has 8 atom stereocenters. The van der Waals surface area contributed by atoms with Crippen molar-refractivity contribution in [3.8, 4) is 0 Å². The Kier molecular flexibility index (Phi) is 6.97. The van der Waals surface area contributed by atoms with Gasteiger partial charge in [-0.25, -0.2) is 0 Å². The second-order valence-electron chi connectivity index (χ2n) is 9.76. The van der Waals surface area contributed by atoms with Crippen LogP contribution in [0.5, 0.6) is 0 Å². The summed E-state index contributed by atoms with van der Waals surface area (Å²) in [5.41, 5.74) is 0.792. The quantitative estimate of drug-likeness (QED) is 0.259. The van der Waals surface area contributed by atoms with Crippen molar-refractivity contribution in [3.63, 3.8) is 0 Å². The summed E-state index contributed by atoms with van der Waals surface area (Å²) in [6.07, 6.45) is 6.05. The molecule has 0 N–H and O–H groups in total. The van der Waals surface area contributed by atoms with Gasteiger partial charge >= 0.3 is 11.9 Å². The van der Waals surface area contributed by atoms with Crippen molar-refractivity contribution in [2.75, 3.05) is 7.11 Å². The van der Waals surface area contributed by atoms with Crippen LogP contribution in [0.1, 0.15) is 60.3 Å². The van der Waals surface area contributed by atoms with Gasteiger partial charge in [-0.1, -0.05) is 41.0 Å². The molecule has 1 heterocycles. The molecule has 0 aromatic carbocycles. The molecular formula is C25H36O6. The van der Waals surface area contributed by atoms with Crippen molar-refractivity contribution < 1.29 is 28.6 Å². The molecule has 0 radical (unpaired) electrons. The van der Waals surface area contributed by atoms with Crippen molar-refractivity contribution in [3.05, 3.63) is 23.5 Å². The number of carbonyl (C=O) groups is 3. The third kappa shape index (κ3) is 4.06. The van der Waals surface area contributed by atoms with Crippen LogP contribution in [0.15, 0.2) is 23.5 Å². The number of aldehydes is 1. The van der Waals surface area contributed by atoms with Crippen LogP contribution < -0.4 is 0 Å². The second-order valence-corrected chi connectivity index (χ2v) is 9.76. The summed E-state index contributed by atoms with van der Waals surface area (Å²) in [6, 6.07) is 0. The molecule has 1 saturated heterocycles. The Morgan fingerprint density at radius 2 is 1.94 bits per heavy atom. The van der Waals surface area contributed by atoms with Gasteiger partial charge in [-0.15, -0.1) is 0 Å². The van der Waals surface area contributed by atoms with Crippen molar-refractivity contribution in [2.45, 2.75) is 72.5 Å². The molecular weight excluding hydrogens is 396 g/mol. The maximum Gasteiger partial charge on any atom is 0.306 e. The minimum Gasteiger partial charge on any atom is -0.490 e. The van der Waals surface area contributed by atoms with E-state index in [0.29, 0.717) is 11.8 Å². The molecule has 3 rings (SSSR count). The first kappa shape index (κ1) is 23.6. The van der Waals surface area contributed by atoms with Crippen LogP contribution in [0.3, 0.4) is 0 Å². The smallest absolute Gasteiger partial charge is 0.306 e. The van der Waals surface area contributed by atoms with Crippen molar-refractivity contribution >= 4 is 18.2 Å². The molecule has 0 spiro atoms. The lowest BCUT2D eigenvalue weighted by molar-refractivity contribution is -0.155. The lowest BCUT2D eigenvalue weighted by Gasteiger charge is -2.52. The maximum atomic E-state index is 12.5. The highest BCUT2D eigenvalue weighted by Gasteiger charge is 2.63. The summed E-state index contributed by atoms with van der Waals surface area (Å²) in [4.78, 5) is 35.4. The minimum atomic E-state index is -0.420. The fraction of sp³-hybridized carbons (Fsp3) is 0.720. The standard InChI is InChI=1S/C25H36O6/c1-7-14(2)23-18-13-17-22(25(23,5)19(30-18)10-11-26)15(3)12-16(4)24(17)31-21(28)9-8-20(27)29-6/h10-11,13-16,18,22-24H,7-9,12H2,1-6H3/t14-,15-,16+,18+,22+,23+,24-,25-/m1/s1. The second kappa shape index (κ2) is 9.17. The molecule has 0 aromatic heterocycles. The van der Waals surface area contributed by atoms with E-state index in [1.807, 2.05) is 0 Å². The van der Waals surface area contributed by atoms with Gasteiger partial charge in [0.15, 0.2) is 0 Å². The fourth-order valence-electron chi connectivity index (χ4n) is 6.50. The molecule has 2 fully saturated rings. The first-order chi connectivity index (χ1) is 14.7. The van der Waals surface area contributed by atoms with E-state index in [1.165, 1.54) is 7.11 Å². The first-order valence-electron chi connectivity index (χ1n) is 11.5. The fourth-order valence-corrected chi connectivity index (χ4v) is 6.50. The summed E-state index contributed by atoms with van der Waals surface area (Å²) in [6.45, 7) is 11.0. The molecule has 6 heteroatoms. The van der Waals surface area contributed by atoms with E-state index in [9.17, 15) is 14.4 Å². The Morgan fingerprint density at radius 1 is 1.26 bits per heavy atom. The first-order valence-corrected chi connectivity index (χ1v) is 11.5. The van der Waals surface area contributed by atoms with Gasteiger partial charge in [-0.3, -0.25) is 14.4 Å². The van der Waals surface area contributed by atoms with E-state index >= 15 is 0 Å². The molecule has 3 aliphatic rings. The molecule has 31 heavy (non-hydrogen) atoms. The van der Waals surface area contributed by atoms with E-state index in [-0.39, 0.29) is 54.2 Å². The predicted octanol–water partition coefficient (Wildman–Crippen LogP) is 4.23. The zero-order chi connectivity index (χ0) is 22.9. The number of rotatable bonds is 7. The van der Waals surface area contributed by atoms with Crippen molar-refractivity contribution in [2.24, 2.45) is 35.0 Å². The van der Waals surface area contributed by atoms with Gasteiger partial charge in [0.1, 0.15) is 24.3 Å². The highest BCUT2D eigenvalue weighted by molar-refractivity contribution is 5.77. The molecule has 2 aliphatic carbocycles. The van der Waals surface area contributed by atoms with Crippen LogP contribution in [-0.4, -0.2) is 37.5 Å². The lowest BCUT2D eigenvalue weighted by Crippen LogP contribution is -2.51. The van der Waals surface area contributed by atoms with E-state index in [2.05, 4.69) is 45.4 Å². The molecule has 6 nitrogen and oxygen atoms in total. The Balaban J connectivity index is 1.96. The molecule has 0 unspecified atom stereocenters. The van der Waals surface area contributed by atoms with E-state index in [1.54, 1.807) is 6.08 Å². The number of ether oxygens (including phenoxy) is 3. The lowest BCUT2D eigenvalue weighted by atomic mass is 9.51. The van der Waals surface area contributed by atoms with Gasteiger partial charge in [0.05, 0.1) is 20.0 Å². The van der Waals surface area contributed by atoms with Crippen LogP contribution in [0, 0.1) is 35.0 Å². The number of hydrogen-bond donors (Lipinski definition) is 0. The van der Waals surface area contributed by atoms with Gasteiger partial charge in [0, 0.05) is 17.4 Å². The monoisotopic (exact) mass is 432 g/mol. The van der Waals surface area contributed by atoms with E-state index in [4.69, 9.17) is 9.47 Å². The Labute approximate surface area is 185 Å². The number of methoxy groups -OCH3 is 1. The number of carbonyl (C=O) groups excluding carboxylic acids is 3. The zero-order valence-corrected chi connectivity index (χ0v) is 19.6. The molecule has 0 amide bonds. The van der Waals surface area contributed by atoms with Gasteiger partial charge < -0.3 is 14.2 Å². The Hall–Kier alpha value is -2.11. The van der Waals surface area contributed by atoms with Gasteiger partial charge in [-0.05, 0) is 41.7 Å². The predicted molar refractivity (Wildman–Crippen MR) is 116 cm³/mol. The van der Waals surface area contributed by atoms with Crippen LogP contribution >= 0.6 is 0 Å². The van der Waals surface area contributed by atoms with E-state index in [0.717, 1.165) is 30.5 Å². The summed E-state index contributed by atoms with van der Waals surface area (Å²) >= 11 is 0. The van der Waals surface area contributed by atoms with Gasteiger partial charge in [0.2, 0.25) is 0 Å². The minimum absolute atomic E-state index is 0.00633. The molecule has 1 saturated carbocycles. The maximum absolute atomic E-state index is 12.5. The highest BCUT2D eigenvalue weighted by Crippen LogP contribution is 2.64. The Bertz CT molecular complexity index is 783. The average molecular weight is 433 g/mol. The largest absolute Gasteiger partial charge is 0.490 e. The summed E-state index contributed by atoms with van der Waals surface area (Å²) in [5.74, 6) is 1.31. The van der Waals surface area contributed by atoms with Crippen LogP contribution in [0.2, 0.25) is 0 Å².